The number of carbonyl (C=O) groups is 1. The highest BCUT2D eigenvalue weighted by atomic mass is 32.2. The van der Waals surface area contributed by atoms with E-state index in [1.807, 2.05) is 48.9 Å². The SMILES string of the molecule is COc1ccc(-n2ccnc2SCC(=O)Nc2c(C)cc(C)cc2C)cc1. The number of methoxy groups -OCH3 is 1. The minimum Gasteiger partial charge on any atom is -0.497 e. The maximum atomic E-state index is 12.4. The Kier molecular flexibility index (Phi) is 5.86. The van der Waals surface area contributed by atoms with Crippen LogP contribution in [0.1, 0.15) is 16.7 Å². The van der Waals surface area contributed by atoms with Gasteiger partial charge in [-0.2, -0.15) is 0 Å². The van der Waals surface area contributed by atoms with Gasteiger partial charge in [0, 0.05) is 23.8 Å². The van der Waals surface area contributed by atoms with Crippen molar-refractivity contribution < 1.29 is 9.53 Å². The molecule has 0 radical (unpaired) electrons. The highest BCUT2D eigenvalue weighted by Gasteiger charge is 2.12. The molecule has 140 valence electrons. The van der Waals surface area contributed by atoms with Crippen LogP contribution >= 0.6 is 11.8 Å². The summed E-state index contributed by atoms with van der Waals surface area (Å²) < 4.78 is 7.15. The molecule has 3 rings (SSSR count). The summed E-state index contributed by atoms with van der Waals surface area (Å²) in [5, 5.41) is 3.80. The number of rotatable bonds is 6. The van der Waals surface area contributed by atoms with Crippen molar-refractivity contribution in [2.75, 3.05) is 18.2 Å². The van der Waals surface area contributed by atoms with Crippen molar-refractivity contribution in [2.45, 2.75) is 25.9 Å². The first-order valence-corrected chi connectivity index (χ1v) is 9.65. The fourth-order valence-corrected chi connectivity index (χ4v) is 3.79. The third-order valence-corrected chi connectivity index (χ3v) is 5.20. The monoisotopic (exact) mass is 381 g/mol. The molecule has 1 N–H and O–H groups in total. The lowest BCUT2D eigenvalue weighted by Crippen LogP contribution is -2.16. The van der Waals surface area contributed by atoms with Crippen molar-refractivity contribution in [3.8, 4) is 11.4 Å². The number of ether oxygens (including phenoxy) is 1. The molecule has 0 bridgehead atoms. The second-order valence-corrected chi connectivity index (χ2v) is 7.33. The molecule has 0 saturated carbocycles. The summed E-state index contributed by atoms with van der Waals surface area (Å²) in [6.07, 6.45) is 3.62. The number of nitrogens with zero attached hydrogens (tertiary/aromatic N) is 2. The van der Waals surface area contributed by atoms with Crippen molar-refractivity contribution in [3.63, 3.8) is 0 Å². The molecule has 0 spiro atoms. The molecule has 2 aromatic carbocycles. The summed E-state index contributed by atoms with van der Waals surface area (Å²) in [6.45, 7) is 6.08. The van der Waals surface area contributed by atoms with E-state index in [0.29, 0.717) is 5.75 Å². The molecule has 1 aromatic heterocycles. The zero-order valence-corrected chi connectivity index (χ0v) is 16.8. The van der Waals surface area contributed by atoms with Crippen LogP contribution in [0.25, 0.3) is 5.69 Å². The molecule has 1 amide bonds. The molecule has 0 saturated heterocycles. The highest BCUT2D eigenvalue weighted by Crippen LogP contribution is 2.24. The maximum absolute atomic E-state index is 12.4. The molecule has 27 heavy (non-hydrogen) atoms. The molecule has 0 atom stereocenters. The summed E-state index contributed by atoms with van der Waals surface area (Å²) in [7, 11) is 1.64. The predicted molar refractivity (Wildman–Crippen MR) is 110 cm³/mol. The minimum absolute atomic E-state index is 0.0423. The number of nitrogens with one attached hydrogen (secondary N) is 1. The van der Waals surface area contributed by atoms with Gasteiger partial charge >= 0.3 is 0 Å². The van der Waals surface area contributed by atoms with E-state index in [9.17, 15) is 4.79 Å². The fraction of sp³-hybridized carbons (Fsp3) is 0.238. The molecule has 5 nitrogen and oxygen atoms in total. The van der Waals surface area contributed by atoms with Gasteiger partial charge < -0.3 is 10.1 Å². The largest absolute Gasteiger partial charge is 0.497 e. The number of amides is 1. The molecule has 0 aliphatic heterocycles. The first-order valence-electron chi connectivity index (χ1n) is 8.66. The van der Waals surface area contributed by atoms with Gasteiger partial charge in [0.2, 0.25) is 5.91 Å². The predicted octanol–water partition coefficient (Wildman–Crippen LogP) is 4.54. The summed E-state index contributed by atoms with van der Waals surface area (Å²) in [4.78, 5) is 16.8. The molecule has 6 heteroatoms. The van der Waals surface area contributed by atoms with Crippen LogP contribution in [0.4, 0.5) is 5.69 Å². The number of anilines is 1. The third kappa shape index (κ3) is 4.52. The van der Waals surface area contributed by atoms with Crippen LogP contribution < -0.4 is 10.1 Å². The van der Waals surface area contributed by atoms with E-state index in [1.54, 1.807) is 13.3 Å². The normalized spacial score (nSPS) is 10.7. The van der Waals surface area contributed by atoms with E-state index in [1.165, 1.54) is 17.3 Å². The van der Waals surface area contributed by atoms with E-state index in [-0.39, 0.29) is 5.91 Å². The average molecular weight is 382 g/mol. The third-order valence-electron chi connectivity index (χ3n) is 4.23. The van der Waals surface area contributed by atoms with E-state index in [4.69, 9.17) is 4.74 Å². The lowest BCUT2D eigenvalue weighted by molar-refractivity contribution is -0.113. The van der Waals surface area contributed by atoms with Crippen LogP contribution in [0.15, 0.2) is 53.9 Å². The molecule has 1 heterocycles. The minimum atomic E-state index is -0.0423. The molecular weight excluding hydrogens is 358 g/mol. The number of thioether (sulfide) groups is 1. The molecule has 0 aliphatic rings. The lowest BCUT2D eigenvalue weighted by atomic mass is 10.1. The quantitative estimate of drug-likeness (QED) is 0.637. The molecule has 3 aromatic rings. The zero-order valence-electron chi connectivity index (χ0n) is 15.9. The highest BCUT2D eigenvalue weighted by molar-refractivity contribution is 7.99. The summed E-state index contributed by atoms with van der Waals surface area (Å²) >= 11 is 1.41. The van der Waals surface area contributed by atoms with Gasteiger partial charge in [0.05, 0.1) is 12.9 Å². The number of aromatic nitrogens is 2. The molecule has 0 unspecified atom stereocenters. The average Bonchev–Trinajstić information content (AvgIpc) is 3.11. The van der Waals surface area contributed by atoms with Gasteiger partial charge in [-0.05, 0) is 56.2 Å². The van der Waals surface area contributed by atoms with Crippen molar-refractivity contribution in [2.24, 2.45) is 0 Å². The van der Waals surface area contributed by atoms with Crippen LogP contribution in [0.2, 0.25) is 0 Å². The standard InChI is InChI=1S/C21H23N3O2S/c1-14-11-15(2)20(16(3)12-14)23-19(25)13-27-21-22-9-10-24(21)17-5-7-18(26-4)8-6-17/h5-12H,13H2,1-4H3,(H,23,25). The Labute approximate surface area is 163 Å². The van der Waals surface area contributed by atoms with Gasteiger partial charge in [0.15, 0.2) is 5.16 Å². The number of aryl methyl sites for hydroxylation is 3. The maximum Gasteiger partial charge on any atom is 0.234 e. The van der Waals surface area contributed by atoms with Crippen molar-refractivity contribution >= 4 is 23.4 Å². The van der Waals surface area contributed by atoms with Crippen LogP contribution in [-0.4, -0.2) is 28.3 Å². The van der Waals surface area contributed by atoms with E-state index >= 15 is 0 Å². The first-order chi connectivity index (χ1) is 13.0. The second-order valence-electron chi connectivity index (χ2n) is 6.39. The first kappa shape index (κ1) is 19.0. The topological polar surface area (TPSA) is 56.2 Å². The Hall–Kier alpha value is -2.73. The van der Waals surface area contributed by atoms with E-state index in [2.05, 4.69) is 29.4 Å². The van der Waals surface area contributed by atoms with Crippen LogP contribution in [0.3, 0.4) is 0 Å². The second kappa shape index (κ2) is 8.31. The van der Waals surface area contributed by atoms with Gasteiger partial charge in [-0.15, -0.1) is 0 Å². The van der Waals surface area contributed by atoms with Gasteiger partial charge in [0.25, 0.3) is 0 Å². The lowest BCUT2D eigenvalue weighted by Gasteiger charge is -2.13. The van der Waals surface area contributed by atoms with E-state index < -0.39 is 0 Å². The number of benzene rings is 2. The number of carbonyl (C=O) groups excluding carboxylic acids is 1. The van der Waals surface area contributed by atoms with Gasteiger partial charge in [0.1, 0.15) is 5.75 Å². The Morgan fingerprint density at radius 2 is 1.81 bits per heavy atom. The Balaban J connectivity index is 1.67. The number of hydrogen-bond donors (Lipinski definition) is 1. The van der Waals surface area contributed by atoms with Crippen molar-refractivity contribution in [3.05, 3.63) is 65.5 Å². The van der Waals surface area contributed by atoms with Crippen molar-refractivity contribution in [1.29, 1.82) is 0 Å². The summed E-state index contributed by atoms with van der Waals surface area (Å²) in [5.41, 5.74) is 5.21. The fourth-order valence-electron chi connectivity index (χ4n) is 3.02. The van der Waals surface area contributed by atoms with Crippen LogP contribution in [0.5, 0.6) is 5.75 Å². The Morgan fingerprint density at radius 1 is 1.15 bits per heavy atom. The van der Waals surface area contributed by atoms with Gasteiger partial charge in [-0.1, -0.05) is 29.5 Å². The zero-order chi connectivity index (χ0) is 19.4. The van der Waals surface area contributed by atoms with Gasteiger partial charge in [-0.25, -0.2) is 4.98 Å². The summed E-state index contributed by atoms with van der Waals surface area (Å²) in [5.74, 6) is 1.05. The van der Waals surface area contributed by atoms with Crippen molar-refractivity contribution in [1.82, 2.24) is 9.55 Å². The van der Waals surface area contributed by atoms with Crippen LogP contribution in [0, 0.1) is 20.8 Å². The molecular formula is C21H23N3O2S. The van der Waals surface area contributed by atoms with Gasteiger partial charge in [-0.3, -0.25) is 9.36 Å². The van der Waals surface area contributed by atoms with E-state index in [0.717, 1.165) is 33.4 Å². The number of imidazole rings is 1. The van der Waals surface area contributed by atoms with Crippen LogP contribution in [-0.2, 0) is 4.79 Å². The Morgan fingerprint density at radius 3 is 2.44 bits per heavy atom. The smallest absolute Gasteiger partial charge is 0.234 e. The molecule has 0 fully saturated rings. The Bertz CT molecular complexity index is 925. The summed E-state index contributed by atoms with van der Waals surface area (Å²) in [6, 6.07) is 11.9. The molecule has 0 aliphatic carbocycles. The number of hydrogen-bond acceptors (Lipinski definition) is 4.